The van der Waals surface area contributed by atoms with Gasteiger partial charge in [-0.2, -0.15) is 0 Å². The molecule has 0 aromatic carbocycles. The van der Waals surface area contributed by atoms with Crippen LogP contribution in [0.5, 0.6) is 0 Å². The van der Waals surface area contributed by atoms with Gasteiger partial charge in [-0.1, -0.05) is 26.7 Å². The van der Waals surface area contributed by atoms with Crippen LogP contribution in [-0.2, 0) is 0 Å². The van der Waals surface area contributed by atoms with Crippen LogP contribution in [0.2, 0.25) is 0 Å². The Morgan fingerprint density at radius 2 is 1.25 bits per heavy atom. The third kappa shape index (κ3) is 2.00. The van der Waals surface area contributed by atoms with E-state index in [9.17, 15) is 0 Å². The monoisotopic (exact) mass is 60.1 g/mol. The summed E-state index contributed by atoms with van der Waals surface area (Å²) >= 11 is 0. The number of hydrogen-bond acceptors (Lipinski definition) is 0. The number of unbranched alkanes of at least 4 members (excludes halogenated alkanes) is 1. The van der Waals surface area contributed by atoms with Crippen molar-refractivity contribution < 1.29 is 0 Å². The Hall–Kier alpha value is 0. The second kappa shape index (κ2) is 3.00. The molecule has 0 bridgehead atoms. The van der Waals surface area contributed by atoms with E-state index in [-0.39, 0.29) is 0 Å². The van der Waals surface area contributed by atoms with Gasteiger partial charge in [-0.3, -0.25) is 0 Å². The average molecular weight is 60.1 g/mol. The zero-order valence-corrected chi connectivity index (χ0v) is 3.41. The summed E-state index contributed by atoms with van der Waals surface area (Å²) in [5.41, 5.74) is 0. The Balaban J connectivity index is 1.97. The van der Waals surface area contributed by atoms with Gasteiger partial charge in [-0.05, 0) is 0 Å². The van der Waals surface area contributed by atoms with Crippen molar-refractivity contribution in [2.75, 3.05) is 0 Å². The van der Waals surface area contributed by atoms with Crippen LogP contribution in [0.15, 0.2) is 0 Å². The van der Waals surface area contributed by atoms with E-state index in [4.69, 9.17) is 0 Å². The normalized spacial score (nSPS) is 7.50. The molecule has 0 aliphatic carbocycles. The molecule has 0 nitrogen and oxygen atoms in total. The molecule has 0 heterocycles. The highest BCUT2D eigenvalue weighted by Gasteiger charge is 1.56. The fourth-order valence-electron chi connectivity index (χ4n) is 0. The standard InChI is InChI=1S/C4H10/c1-3-4-2/h3-4H2,1-2H3/i3+1,4+1. The first-order chi connectivity index (χ1) is 1.91. The summed E-state index contributed by atoms with van der Waals surface area (Å²) in [6.45, 7) is 4.36. The van der Waals surface area contributed by atoms with Gasteiger partial charge < -0.3 is 0 Å². The van der Waals surface area contributed by atoms with Gasteiger partial charge in [0.15, 0.2) is 0 Å². The highest BCUT2D eigenvalue weighted by atomic mass is 14.4. The Morgan fingerprint density at radius 1 is 1.00 bits per heavy atom. The van der Waals surface area contributed by atoms with Gasteiger partial charge in [0, 0.05) is 0 Å². The maximum Gasteiger partial charge on any atom is -0.0564 e. The van der Waals surface area contributed by atoms with Gasteiger partial charge >= 0.3 is 0 Å². The van der Waals surface area contributed by atoms with E-state index in [1.165, 1.54) is 12.8 Å². The lowest BCUT2D eigenvalue weighted by atomic mass is 11.0. The second-order valence-corrected chi connectivity index (χ2v) is 1.000. The quantitative estimate of drug-likeness (QED) is 0.405. The Labute approximate surface area is 27.8 Å². The summed E-state index contributed by atoms with van der Waals surface area (Å²) in [4.78, 5) is 0. The molecule has 0 aliphatic heterocycles. The van der Waals surface area contributed by atoms with Crippen LogP contribution < -0.4 is 0 Å². The fraction of sp³-hybridized carbons (Fsp3) is 1.00. The van der Waals surface area contributed by atoms with Crippen LogP contribution >= 0.6 is 0 Å². The van der Waals surface area contributed by atoms with Crippen molar-refractivity contribution in [2.24, 2.45) is 0 Å². The average Bonchev–Trinajstić information content (AvgIpc) is 1.37. The predicted octanol–water partition coefficient (Wildman–Crippen LogP) is 1.81. The van der Waals surface area contributed by atoms with Crippen LogP contribution in [0, 0.1) is 0 Å². The Bertz CT molecular complexity index is 2.00. The summed E-state index contributed by atoms with van der Waals surface area (Å²) in [6.07, 6.45) is 2.64. The van der Waals surface area contributed by atoms with Crippen molar-refractivity contribution in [3.63, 3.8) is 0 Å². The summed E-state index contributed by atoms with van der Waals surface area (Å²) < 4.78 is 0. The van der Waals surface area contributed by atoms with E-state index < -0.39 is 0 Å². The molecular formula is C4H10. The third-order valence-electron chi connectivity index (χ3n) is 0.500. The Morgan fingerprint density at radius 3 is 1.25 bits per heavy atom. The minimum atomic E-state index is 1.32. The van der Waals surface area contributed by atoms with Crippen LogP contribution in [0.25, 0.3) is 0 Å². The highest BCUT2D eigenvalue weighted by molar-refractivity contribution is 4.12. The summed E-state index contributed by atoms with van der Waals surface area (Å²) in [7, 11) is 0. The van der Waals surface area contributed by atoms with Crippen molar-refractivity contribution in [1.29, 1.82) is 0 Å². The lowest BCUT2D eigenvalue weighted by Crippen LogP contribution is -1.47. The largest absolute Gasteiger partial charge is 0.0654 e. The predicted molar refractivity (Wildman–Crippen MR) is 20.6 cm³/mol. The summed E-state index contributed by atoms with van der Waals surface area (Å²) in [6, 6.07) is 0. The van der Waals surface area contributed by atoms with Crippen LogP contribution in [-0.4, -0.2) is 0 Å². The van der Waals surface area contributed by atoms with Crippen LogP contribution in [0.3, 0.4) is 0 Å². The van der Waals surface area contributed by atoms with E-state index in [1.807, 2.05) is 0 Å². The van der Waals surface area contributed by atoms with E-state index in [2.05, 4.69) is 13.8 Å². The van der Waals surface area contributed by atoms with Crippen molar-refractivity contribution >= 4 is 0 Å². The van der Waals surface area contributed by atoms with E-state index in [0.29, 0.717) is 0 Å². The molecular weight excluding hydrogens is 50.0 g/mol. The van der Waals surface area contributed by atoms with Crippen molar-refractivity contribution in [1.82, 2.24) is 0 Å². The molecule has 0 spiro atoms. The molecule has 0 radical (unpaired) electrons. The smallest absolute Gasteiger partial charge is 0.0564 e. The molecule has 0 fully saturated rings. The maximum absolute atomic E-state index is 2.18. The molecule has 0 aliphatic rings. The first-order valence-electron chi connectivity index (χ1n) is 1.91. The Kier molecular flexibility index (Phi) is 3.00. The summed E-state index contributed by atoms with van der Waals surface area (Å²) in [5.74, 6) is 0. The molecule has 0 atom stereocenters. The zero-order valence-electron chi connectivity index (χ0n) is 3.41. The topological polar surface area (TPSA) is 0 Å². The zero-order chi connectivity index (χ0) is 3.41. The molecule has 4 heavy (non-hydrogen) atoms. The molecule has 0 amide bonds. The minimum absolute atomic E-state index is 1.32. The molecule has 0 saturated carbocycles. The maximum atomic E-state index is 2.18. The van der Waals surface area contributed by atoms with Gasteiger partial charge in [-0.25, -0.2) is 0 Å². The molecule has 0 N–H and O–H groups in total. The first kappa shape index (κ1) is 4.00. The third-order valence-corrected chi connectivity index (χ3v) is 0.500. The van der Waals surface area contributed by atoms with Gasteiger partial charge in [-0.15, -0.1) is 0 Å². The van der Waals surface area contributed by atoms with E-state index in [1.54, 1.807) is 0 Å². The molecule has 0 unspecified atom stereocenters. The fourth-order valence-corrected chi connectivity index (χ4v) is 0. The molecule has 26 valence electrons. The van der Waals surface area contributed by atoms with Gasteiger partial charge in [0.25, 0.3) is 0 Å². The molecule has 0 heteroatoms. The van der Waals surface area contributed by atoms with Crippen molar-refractivity contribution in [2.45, 2.75) is 26.7 Å². The van der Waals surface area contributed by atoms with Gasteiger partial charge in [0.05, 0.1) is 0 Å². The van der Waals surface area contributed by atoms with Gasteiger partial charge in [0.1, 0.15) is 0 Å². The van der Waals surface area contributed by atoms with E-state index >= 15 is 0 Å². The summed E-state index contributed by atoms with van der Waals surface area (Å²) in [5, 5.41) is 0. The van der Waals surface area contributed by atoms with Crippen LogP contribution in [0.4, 0.5) is 0 Å². The first-order valence-corrected chi connectivity index (χ1v) is 1.91. The van der Waals surface area contributed by atoms with Gasteiger partial charge in [0.2, 0.25) is 0 Å². The highest BCUT2D eigenvalue weighted by Crippen LogP contribution is 1.76. The lowest BCUT2D eigenvalue weighted by molar-refractivity contribution is 0.886. The molecule has 0 saturated heterocycles. The van der Waals surface area contributed by atoms with Crippen molar-refractivity contribution in [3.05, 3.63) is 0 Å². The molecule has 0 rings (SSSR count). The molecule has 0 aromatic heterocycles. The van der Waals surface area contributed by atoms with Crippen molar-refractivity contribution in [3.8, 4) is 0 Å². The minimum Gasteiger partial charge on any atom is -0.0654 e. The second-order valence-electron chi connectivity index (χ2n) is 1.000. The SMILES string of the molecule is C[13CH2][13CH2]C. The van der Waals surface area contributed by atoms with E-state index in [0.717, 1.165) is 0 Å². The lowest BCUT2D eigenvalue weighted by Gasteiger charge is -1.68. The number of rotatable bonds is 1. The number of hydrogen-bond donors (Lipinski definition) is 0. The van der Waals surface area contributed by atoms with Crippen LogP contribution in [0.1, 0.15) is 26.7 Å². The molecule has 0 aromatic rings.